The first kappa shape index (κ1) is 14.6. The molecule has 1 atom stereocenters. The van der Waals surface area contributed by atoms with Crippen LogP contribution in [0.5, 0.6) is 0 Å². The highest BCUT2D eigenvalue weighted by Gasteiger charge is 2.37. The number of nitrogens with zero attached hydrogens (tertiary/aromatic N) is 1. The highest BCUT2D eigenvalue weighted by Crippen LogP contribution is 2.32. The van der Waals surface area contributed by atoms with E-state index in [-0.39, 0.29) is 5.91 Å². The van der Waals surface area contributed by atoms with Gasteiger partial charge in [0, 0.05) is 18.5 Å². The summed E-state index contributed by atoms with van der Waals surface area (Å²) in [5.74, 6) is -0.999. The fourth-order valence-electron chi connectivity index (χ4n) is 2.72. The summed E-state index contributed by atoms with van der Waals surface area (Å²) < 4.78 is 0. The largest absolute Gasteiger partial charge is 0.480 e. The number of unbranched alkanes of at least 4 members (excludes halogenated alkanes) is 3. The van der Waals surface area contributed by atoms with Crippen molar-refractivity contribution in [2.75, 3.05) is 4.90 Å². The molecule has 0 aliphatic carbocycles. The fraction of sp³-hybridized carbons (Fsp3) is 0.500. The van der Waals surface area contributed by atoms with Gasteiger partial charge in [0.05, 0.1) is 0 Å². The number of fused-ring (bicyclic) bond motifs is 1. The van der Waals surface area contributed by atoms with E-state index in [1.807, 2.05) is 24.3 Å². The molecule has 2 rings (SSSR count). The Morgan fingerprint density at radius 3 is 2.70 bits per heavy atom. The third-order valence-electron chi connectivity index (χ3n) is 3.77. The summed E-state index contributed by atoms with van der Waals surface area (Å²) in [4.78, 5) is 25.2. The third kappa shape index (κ3) is 3.00. The van der Waals surface area contributed by atoms with Crippen molar-refractivity contribution in [2.24, 2.45) is 0 Å². The predicted octanol–water partition coefficient (Wildman–Crippen LogP) is 3.00. The van der Waals surface area contributed by atoms with Crippen LogP contribution in [-0.2, 0) is 16.0 Å². The van der Waals surface area contributed by atoms with Gasteiger partial charge in [0.15, 0.2) is 0 Å². The number of carboxylic acids is 1. The molecule has 0 radical (unpaired) electrons. The van der Waals surface area contributed by atoms with Crippen LogP contribution in [0.3, 0.4) is 0 Å². The zero-order chi connectivity index (χ0) is 14.5. The van der Waals surface area contributed by atoms with Gasteiger partial charge in [0.1, 0.15) is 6.04 Å². The molecule has 1 amide bonds. The van der Waals surface area contributed by atoms with E-state index in [1.165, 1.54) is 4.90 Å². The van der Waals surface area contributed by atoms with Gasteiger partial charge in [0.25, 0.3) is 0 Å². The Morgan fingerprint density at radius 2 is 2.00 bits per heavy atom. The summed E-state index contributed by atoms with van der Waals surface area (Å²) in [5, 5.41) is 9.32. The van der Waals surface area contributed by atoms with E-state index in [1.54, 1.807) is 0 Å². The average molecular weight is 275 g/mol. The topological polar surface area (TPSA) is 57.6 Å². The molecule has 0 aromatic heterocycles. The number of carbonyl (C=O) groups is 2. The number of anilines is 1. The number of carboxylic acid groups (broad SMARTS) is 1. The summed E-state index contributed by atoms with van der Waals surface area (Å²) in [5.41, 5.74) is 1.71. The molecule has 0 spiro atoms. The lowest BCUT2D eigenvalue weighted by Crippen LogP contribution is -2.42. The lowest BCUT2D eigenvalue weighted by molar-refractivity contribution is -0.139. The molecule has 1 N–H and O–H groups in total. The number of carbonyl (C=O) groups excluding carboxylic acids is 1. The van der Waals surface area contributed by atoms with Crippen molar-refractivity contribution >= 4 is 17.6 Å². The van der Waals surface area contributed by atoms with E-state index in [9.17, 15) is 14.7 Å². The van der Waals surface area contributed by atoms with Crippen molar-refractivity contribution in [2.45, 2.75) is 51.5 Å². The van der Waals surface area contributed by atoms with Gasteiger partial charge in [-0.2, -0.15) is 0 Å². The Bertz CT molecular complexity index is 498. The molecule has 1 unspecified atom stereocenters. The van der Waals surface area contributed by atoms with Crippen molar-refractivity contribution in [3.05, 3.63) is 29.8 Å². The quantitative estimate of drug-likeness (QED) is 0.812. The van der Waals surface area contributed by atoms with Gasteiger partial charge >= 0.3 is 5.97 Å². The first-order valence-electron chi connectivity index (χ1n) is 7.28. The number of rotatable bonds is 6. The number of amides is 1. The Morgan fingerprint density at radius 1 is 1.25 bits per heavy atom. The molecule has 1 aliphatic heterocycles. The predicted molar refractivity (Wildman–Crippen MR) is 77.8 cm³/mol. The maximum absolute atomic E-state index is 12.3. The van der Waals surface area contributed by atoms with Crippen molar-refractivity contribution < 1.29 is 14.7 Å². The molecule has 1 heterocycles. The second-order valence-electron chi connectivity index (χ2n) is 5.26. The SMILES string of the molecule is CCCCCCC(=O)N1c2ccccc2CC1C(=O)O. The summed E-state index contributed by atoms with van der Waals surface area (Å²) in [6.07, 6.45) is 4.93. The molecule has 0 fully saturated rings. The Balaban J connectivity index is 2.10. The van der Waals surface area contributed by atoms with Gasteiger partial charge in [-0.15, -0.1) is 0 Å². The van der Waals surface area contributed by atoms with Gasteiger partial charge in [-0.1, -0.05) is 44.4 Å². The Labute approximate surface area is 119 Å². The Kier molecular flexibility index (Phi) is 4.77. The van der Waals surface area contributed by atoms with Gasteiger partial charge in [-0.3, -0.25) is 9.69 Å². The van der Waals surface area contributed by atoms with E-state index in [2.05, 4.69) is 6.92 Å². The van der Waals surface area contributed by atoms with Crippen molar-refractivity contribution in [1.29, 1.82) is 0 Å². The smallest absolute Gasteiger partial charge is 0.327 e. The molecule has 4 nitrogen and oxygen atoms in total. The van der Waals surface area contributed by atoms with Crippen LogP contribution in [0.15, 0.2) is 24.3 Å². The molecule has 1 aliphatic rings. The second kappa shape index (κ2) is 6.55. The number of benzene rings is 1. The maximum atomic E-state index is 12.3. The van der Waals surface area contributed by atoms with E-state index < -0.39 is 12.0 Å². The maximum Gasteiger partial charge on any atom is 0.327 e. The summed E-state index contributed by atoms with van der Waals surface area (Å²) in [6.45, 7) is 2.12. The van der Waals surface area contributed by atoms with Crippen LogP contribution in [0, 0.1) is 0 Å². The monoisotopic (exact) mass is 275 g/mol. The Hall–Kier alpha value is -1.84. The second-order valence-corrected chi connectivity index (χ2v) is 5.26. The molecule has 1 aromatic rings. The molecular weight excluding hydrogens is 254 g/mol. The minimum Gasteiger partial charge on any atom is -0.480 e. The van der Waals surface area contributed by atoms with Crippen molar-refractivity contribution in [3.8, 4) is 0 Å². The fourth-order valence-corrected chi connectivity index (χ4v) is 2.72. The first-order chi connectivity index (χ1) is 9.65. The van der Waals surface area contributed by atoms with Crippen LogP contribution in [-0.4, -0.2) is 23.0 Å². The molecule has 1 aromatic carbocycles. The lowest BCUT2D eigenvalue weighted by Gasteiger charge is -2.22. The molecule has 108 valence electrons. The van der Waals surface area contributed by atoms with E-state index in [4.69, 9.17) is 0 Å². The zero-order valence-corrected chi connectivity index (χ0v) is 11.8. The number of aliphatic carboxylic acids is 1. The van der Waals surface area contributed by atoms with Crippen LogP contribution in [0.25, 0.3) is 0 Å². The van der Waals surface area contributed by atoms with Gasteiger partial charge in [-0.25, -0.2) is 4.79 Å². The minimum atomic E-state index is -0.928. The van der Waals surface area contributed by atoms with E-state index in [0.717, 1.165) is 36.9 Å². The zero-order valence-electron chi connectivity index (χ0n) is 11.8. The van der Waals surface area contributed by atoms with Gasteiger partial charge in [-0.05, 0) is 18.1 Å². The molecule has 0 saturated carbocycles. The normalized spacial score (nSPS) is 17.1. The summed E-state index contributed by atoms with van der Waals surface area (Å²) in [6, 6.07) is 6.72. The molecule has 4 heteroatoms. The average Bonchev–Trinajstić information content (AvgIpc) is 2.83. The number of hydrogen-bond donors (Lipinski definition) is 1. The van der Waals surface area contributed by atoms with Crippen LogP contribution >= 0.6 is 0 Å². The van der Waals surface area contributed by atoms with E-state index in [0.29, 0.717) is 12.8 Å². The minimum absolute atomic E-state index is 0.0709. The third-order valence-corrected chi connectivity index (χ3v) is 3.77. The molecule has 20 heavy (non-hydrogen) atoms. The standard InChI is InChI=1S/C16H21NO3/c1-2-3-4-5-10-15(18)17-13-9-7-6-8-12(13)11-14(17)16(19)20/h6-9,14H,2-5,10-11H2,1H3,(H,19,20). The van der Waals surface area contributed by atoms with Crippen LogP contribution in [0.4, 0.5) is 5.69 Å². The highest BCUT2D eigenvalue weighted by atomic mass is 16.4. The molecule has 0 bridgehead atoms. The highest BCUT2D eigenvalue weighted by molar-refractivity contribution is 6.01. The summed E-state index contributed by atoms with van der Waals surface area (Å²) >= 11 is 0. The van der Waals surface area contributed by atoms with Gasteiger partial charge in [0.2, 0.25) is 5.91 Å². The van der Waals surface area contributed by atoms with Crippen molar-refractivity contribution in [1.82, 2.24) is 0 Å². The molecule has 0 saturated heterocycles. The lowest BCUT2D eigenvalue weighted by atomic mass is 10.1. The first-order valence-corrected chi connectivity index (χ1v) is 7.28. The molecular formula is C16H21NO3. The van der Waals surface area contributed by atoms with E-state index >= 15 is 0 Å². The van der Waals surface area contributed by atoms with Crippen LogP contribution in [0.1, 0.15) is 44.6 Å². The summed E-state index contributed by atoms with van der Waals surface area (Å²) in [7, 11) is 0. The van der Waals surface area contributed by atoms with Crippen molar-refractivity contribution in [3.63, 3.8) is 0 Å². The van der Waals surface area contributed by atoms with Crippen LogP contribution in [0.2, 0.25) is 0 Å². The van der Waals surface area contributed by atoms with Crippen LogP contribution < -0.4 is 4.90 Å². The number of para-hydroxylation sites is 1. The van der Waals surface area contributed by atoms with Gasteiger partial charge < -0.3 is 5.11 Å². The number of hydrogen-bond acceptors (Lipinski definition) is 2.